The Morgan fingerprint density at radius 3 is 2.52 bits per heavy atom. The quantitative estimate of drug-likeness (QED) is 0.558. The number of fused-ring (bicyclic) bond motifs is 3. The van der Waals surface area contributed by atoms with Gasteiger partial charge in [-0.2, -0.15) is 0 Å². The number of hydrogen-bond acceptors (Lipinski definition) is 2. The van der Waals surface area contributed by atoms with Crippen LogP contribution in [0.25, 0.3) is 21.9 Å². The summed E-state index contributed by atoms with van der Waals surface area (Å²) in [6.45, 7) is 0. The van der Waals surface area contributed by atoms with Crippen LogP contribution >= 0.6 is 11.6 Å². The first kappa shape index (κ1) is 12.4. The number of aromatic nitrogens is 3. The molecule has 21 heavy (non-hydrogen) atoms. The van der Waals surface area contributed by atoms with Crippen molar-refractivity contribution in [3.05, 3.63) is 71.1 Å². The fourth-order valence-corrected chi connectivity index (χ4v) is 2.80. The van der Waals surface area contributed by atoms with E-state index in [1.807, 2.05) is 42.5 Å². The molecule has 0 fully saturated rings. The molecule has 0 saturated carbocycles. The number of benzene rings is 2. The lowest BCUT2D eigenvalue weighted by molar-refractivity contribution is 1.04. The summed E-state index contributed by atoms with van der Waals surface area (Å²) in [6, 6.07) is 18.2. The molecule has 0 atom stereocenters. The third kappa shape index (κ3) is 2.16. The predicted molar refractivity (Wildman–Crippen MR) is 85.7 cm³/mol. The number of pyridine rings is 1. The van der Waals surface area contributed by atoms with Crippen LogP contribution in [0.1, 0.15) is 11.4 Å². The molecule has 0 bridgehead atoms. The molecule has 0 aliphatic rings. The number of hydrogen-bond donors (Lipinski definition) is 1. The summed E-state index contributed by atoms with van der Waals surface area (Å²) in [5.41, 5.74) is 3.77. The third-order valence-electron chi connectivity index (χ3n) is 3.55. The van der Waals surface area contributed by atoms with Crippen LogP contribution in [0.15, 0.2) is 54.6 Å². The molecule has 0 spiro atoms. The van der Waals surface area contributed by atoms with Crippen LogP contribution < -0.4 is 0 Å². The van der Waals surface area contributed by atoms with Crippen molar-refractivity contribution in [2.75, 3.05) is 0 Å². The molecule has 3 nitrogen and oxygen atoms in total. The molecular weight excluding hydrogens is 282 g/mol. The molecule has 0 aliphatic carbocycles. The average Bonchev–Trinajstić information content (AvgIpc) is 2.93. The van der Waals surface area contributed by atoms with Crippen molar-refractivity contribution in [3.8, 4) is 0 Å². The second kappa shape index (κ2) is 4.86. The zero-order valence-electron chi connectivity index (χ0n) is 11.2. The fraction of sp³-hybridized carbons (Fsp3) is 0.0588. The highest BCUT2D eigenvalue weighted by atomic mass is 35.5. The molecule has 2 aromatic carbocycles. The van der Waals surface area contributed by atoms with Gasteiger partial charge >= 0.3 is 0 Å². The monoisotopic (exact) mass is 293 g/mol. The van der Waals surface area contributed by atoms with Crippen LogP contribution in [0.4, 0.5) is 0 Å². The highest BCUT2D eigenvalue weighted by Crippen LogP contribution is 2.27. The van der Waals surface area contributed by atoms with Gasteiger partial charge in [-0.3, -0.25) is 0 Å². The molecule has 2 aromatic heterocycles. The van der Waals surface area contributed by atoms with Gasteiger partial charge in [-0.1, -0.05) is 60.1 Å². The van der Waals surface area contributed by atoms with Crippen LogP contribution in [0.5, 0.6) is 0 Å². The Morgan fingerprint density at radius 1 is 0.905 bits per heavy atom. The van der Waals surface area contributed by atoms with Gasteiger partial charge in [-0.05, 0) is 11.6 Å². The zero-order chi connectivity index (χ0) is 14.2. The van der Waals surface area contributed by atoms with E-state index in [0.29, 0.717) is 5.15 Å². The van der Waals surface area contributed by atoms with Gasteiger partial charge in [-0.25, -0.2) is 9.97 Å². The first-order valence-corrected chi connectivity index (χ1v) is 7.16. The molecule has 0 radical (unpaired) electrons. The van der Waals surface area contributed by atoms with E-state index in [1.54, 1.807) is 0 Å². The summed E-state index contributed by atoms with van der Waals surface area (Å²) in [6.07, 6.45) is 0.750. The second-order valence-corrected chi connectivity index (χ2v) is 5.35. The number of nitrogens with one attached hydrogen (secondary N) is 1. The molecule has 2 heterocycles. The van der Waals surface area contributed by atoms with Gasteiger partial charge in [0.05, 0.1) is 5.52 Å². The molecular formula is C17H12ClN3. The minimum Gasteiger partial charge on any atom is -0.339 e. The number of rotatable bonds is 2. The van der Waals surface area contributed by atoms with E-state index in [9.17, 15) is 0 Å². The molecule has 0 amide bonds. The van der Waals surface area contributed by atoms with Crippen molar-refractivity contribution in [1.29, 1.82) is 0 Å². The van der Waals surface area contributed by atoms with Gasteiger partial charge in [-0.15, -0.1) is 0 Å². The molecule has 0 saturated heterocycles. The highest BCUT2D eigenvalue weighted by Gasteiger charge is 2.12. The lowest BCUT2D eigenvalue weighted by atomic mass is 10.1. The van der Waals surface area contributed by atoms with Gasteiger partial charge in [0.25, 0.3) is 0 Å². The van der Waals surface area contributed by atoms with Gasteiger partial charge in [0.2, 0.25) is 0 Å². The van der Waals surface area contributed by atoms with E-state index in [-0.39, 0.29) is 0 Å². The summed E-state index contributed by atoms with van der Waals surface area (Å²) >= 11 is 6.27. The maximum Gasteiger partial charge on any atom is 0.155 e. The van der Waals surface area contributed by atoms with Crippen molar-refractivity contribution in [3.63, 3.8) is 0 Å². The normalized spacial score (nSPS) is 11.3. The standard InChI is InChI=1S/C17H12ClN3/c18-17-16-15(12-8-4-5-9-13(12)19-17)20-14(21-16)10-11-6-2-1-3-7-11/h1-9H,10H2,(H,20,21). The van der Waals surface area contributed by atoms with E-state index >= 15 is 0 Å². The Balaban J connectivity index is 1.89. The van der Waals surface area contributed by atoms with E-state index in [1.165, 1.54) is 5.56 Å². The number of nitrogens with zero attached hydrogens (tertiary/aromatic N) is 2. The van der Waals surface area contributed by atoms with E-state index < -0.39 is 0 Å². The lowest BCUT2D eigenvalue weighted by Gasteiger charge is -1.98. The molecule has 4 heteroatoms. The Bertz CT molecular complexity index is 929. The SMILES string of the molecule is Clc1nc2ccccc2c2nc(Cc3ccccc3)[nH]c12. The molecule has 0 aliphatic heterocycles. The van der Waals surface area contributed by atoms with Crippen LogP contribution in [0.2, 0.25) is 5.15 Å². The largest absolute Gasteiger partial charge is 0.339 e. The summed E-state index contributed by atoms with van der Waals surface area (Å²) in [4.78, 5) is 12.4. The summed E-state index contributed by atoms with van der Waals surface area (Å²) < 4.78 is 0. The molecule has 4 aromatic rings. The number of halogens is 1. The number of imidazole rings is 1. The first-order valence-electron chi connectivity index (χ1n) is 6.78. The van der Waals surface area contributed by atoms with Gasteiger partial charge in [0, 0.05) is 11.8 Å². The number of H-pyrrole nitrogens is 1. The minimum absolute atomic E-state index is 0.468. The van der Waals surface area contributed by atoms with Crippen molar-refractivity contribution in [2.45, 2.75) is 6.42 Å². The maximum atomic E-state index is 6.27. The Morgan fingerprint density at radius 2 is 1.67 bits per heavy atom. The minimum atomic E-state index is 0.468. The van der Waals surface area contributed by atoms with Gasteiger partial charge in [0.15, 0.2) is 5.15 Å². The van der Waals surface area contributed by atoms with Gasteiger partial charge in [0.1, 0.15) is 16.9 Å². The van der Waals surface area contributed by atoms with E-state index in [2.05, 4.69) is 22.1 Å². The molecule has 4 rings (SSSR count). The van der Waals surface area contributed by atoms with Gasteiger partial charge < -0.3 is 4.98 Å². The Kier molecular flexibility index (Phi) is 2.86. The molecule has 0 unspecified atom stereocenters. The van der Waals surface area contributed by atoms with Crippen LogP contribution in [-0.4, -0.2) is 15.0 Å². The maximum absolute atomic E-state index is 6.27. The fourth-order valence-electron chi connectivity index (χ4n) is 2.57. The smallest absolute Gasteiger partial charge is 0.155 e. The van der Waals surface area contributed by atoms with Crippen LogP contribution in [-0.2, 0) is 6.42 Å². The molecule has 1 N–H and O–H groups in total. The highest BCUT2D eigenvalue weighted by molar-refractivity contribution is 6.35. The second-order valence-electron chi connectivity index (χ2n) is 4.99. The van der Waals surface area contributed by atoms with Crippen molar-refractivity contribution < 1.29 is 0 Å². The number of aromatic amines is 1. The zero-order valence-corrected chi connectivity index (χ0v) is 11.9. The number of para-hydroxylation sites is 1. The first-order chi connectivity index (χ1) is 10.3. The van der Waals surface area contributed by atoms with Crippen LogP contribution in [0, 0.1) is 0 Å². The van der Waals surface area contributed by atoms with E-state index in [4.69, 9.17) is 16.6 Å². The third-order valence-corrected chi connectivity index (χ3v) is 3.82. The Labute approximate surface area is 126 Å². The van der Waals surface area contributed by atoms with Crippen molar-refractivity contribution in [1.82, 2.24) is 15.0 Å². The summed E-state index contributed by atoms with van der Waals surface area (Å²) in [7, 11) is 0. The van der Waals surface area contributed by atoms with Crippen molar-refractivity contribution in [2.24, 2.45) is 0 Å². The van der Waals surface area contributed by atoms with Crippen LogP contribution in [0.3, 0.4) is 0 Å². The lowest BCUT2D eigenvalue weighted by Crippen LogP contribution is -1.89. The van der Waals surface area contributed by atoms with Crippen molar-refractivity contribution >= 4 is 33.5 Å². The average molecular weight is 294 g/mol. The summed E-state index contributed by atoms with van der Waals surface area (Å²) in [5.74, 6) is 0.899. The molecule has 102 valence electrons. The topological polar surface area (TPSA) is 41.6 Å². The van der Waals surface area contributed by atoms with E-state index in [0.717, 1.165) is 34.2 Å². The summed E-state index contributed by atoms with van der Waals surface area (Å²) in [5, 5.41) is 1.49. The Hall–Kier alpha value is -2.39. The predicted octanol–water partition coefficient (Wildman–Crippen LogP) is 4.36.